The van der Waals surface area contributed by atoms with Crippen molar-refractivity contribution >= 4 is 22.5 Å². The number of hydrogen-bond acceptors (Lipinski definition) is 0. The van der Waals surface area contributed by atoms with Crippen molar-refractivity contribution in [2.24, 2.45) is 5.92 Å². The monoisotopic (exact) mass is 234 g/mol. The van der Waals surface area contributed by atoms with E-state index >= 15 is 0 Å². The van der Waals surface area contributed by atoms with Crippen LogP contribution in [0.2, 0.25) is 4.44 Å². The molecule has 54 valence electrons. The molecule has 0 rings (SSSR count). The molecule has 0 saturated heterocycles. The van der Waals surface area contributed by atoms with Gasteiger partial charge in [0.25, 0.3) is 0 Å². The average molecular weight is 233 g/mol. The normalized spacial score (nSPS) is 10.7. The molecule has 0 heterocycles. The van der Waals surface area contributed by atoms with Gasteiger partial charge in [-0.25, -0.2) is 0 Å². The summed E-state index contributed by atoms with van der Waals surface area (Å²) in [5.41, 5.74) is 0. The third-order valence-corrected chi connectivity index (χ3v) is 2.65. The Kier molecular flexibility index (Phi) is 7.53. The Hall–Kier alpha value is 0.799. The quantitative estimate of drug-likeness (QED) is 0.505. The van der Waals surface area contributed by atoms with Gasteiger partial charge in [-0.3, -0.25) is 0 Å². The molecule has 0 spiro atoms. The first-order valence-corrected chi connectivity index (χ1v) is 6.30. The number of unbranched alkanes of at least 4 members (excludes halogenated alkanes) is 2. The van der Waals surface area contributed by atoms with Crippen LogP contribution in [0.1, 0.15) is 39.5 Å². The van der Waals surface area contributed by atoms with Crippen molar-refractivity contribution in [3.05, 3.63) is 0 Å². The van der Waals surface area contributed by atoms with Crippen molar-refractivity contribution in [3.63, 3.8) is 0 Å². The van der Waals surface area contributed by atoms with Gasteiger partial charge in [-0.05, 0) is 0 Å². The van der Waals surface area contributed by atoms with Gasteiger partial charge in [0.15, 0.2) is 0 Å². The predicted octanol–water partition coefficient (Wildman–Crippen LogP) is 2.52. The Morgan fingerprint density at radius 3 is 2.22 bits per heavy atom. The maximum atomic E-state index is 2.31. The summed E-state index contributed by atoms with van der Waals surface area (Å²) in [6, 6.07) is 0. The number of rotatable bonds is 5. The summed E-state index contributed by atoms with van der Waals surface area (Å²) in [5.74, 6) is 0.915. The average Bonchev–Trinajstić information content (AvgIpc) is 1.80. The van der Waals surface area contributed by atoms with E-state index in [1.165, 1.54) is 52.6 Å². The molecule has 0 aromatic heterocycles. The Morgan fingerprint density at radius 2 is 1.78 bits per heavy atom. The van der Waals surface area contributed by atoms with E-state index in [0.29, 0.717) is 0 Å². The fourth-order valence-electron chi connectivity index (χ4n) is 0.874. The van der Waals surface area contributed by atoms with Crippen LogP contribution >= 0.6 is 0 Å². The molecule has 0 aromatic carbocycles. The zero-order chi connectivity index (χ0) is 7.11. The first kappa shape index (κ1) is 9.80. The van der Waals surface area contributed by atoms with Crippen molar-refractivity contribution in [2.45, 2.75) is 44.0 Å². The van der Waals surface area contributed by atoms with Gasteiger partial charge < -0.3 is 0 Å². The van der Waals surface area contributed by atoms with Gasteiger partial charge >= 0.3 is 72.4 Å². The van der Waals surface area contributed by atoms with Gasteiger partial charge in [-0.2, -0.15) is 0 Å². The molecule has 0 saturated carbocycles. The summed E-state index contributed by atoms with van der Waals surface area (Å²) in [6.45, 7) is 4.61. The molecule has 0 bridgehead atoms. The van der Waals surface area contributed by atoms with Crippen LogP contribution in [-0.2, 0) is 0 Å². The summed E-state index contributed by atoms with van der Waals surface area (Å²) in [4.78, 5) is 0. The van der Waals surface area contributed by atoms with Crippen molar-refractivity contribution in [3.8, 4) is 0 Å². The standard InChI is InChI=1S/C8H17.Sn.H/c1-4-5-6-7-8(2)3;;/h8H,1,4-7H2,2-3H3;;. The van der Waals surface area contributed by atoms with Gasteiger partial charge in [-0.15, -0.1) is 0 Å². The number of hydrogen-bond donors (Lipinski definition) is 0. The molecule has 0 aliphatic heterocycles. The summed E-state index contributed by atoms with van der Waals surface area (Å²) >= 11 is 1.46. The maximum absolute atomic E-state index is 2.31. The van der Waals surface area contributed by atoms with Crippen molar-refractivity contribution in [1.82, 2.24) is 0 Å². The van der Waals surface area contributed by atoms with Crippen molar-refractivity contribution in [1.29, 1.82) is 0 Å². The first-order valence-electron chi connectivity index (χ1n) is 3.97. The third-order valence-electron chi connectivity index (χ3n) is 1.49. The SMILES string of the molecule is CC(C)CCCC[CH2][SnH]. The molecule has 0 nitrogen and oxygen atoms in total. The fraction of sp³-hybridized carbons (Fsp3) is 1.00. The second-order valence-electron chi connectivity index (χ2n) is 3.03. The zero-order valence-corrected chi connectivity index (χ0v) is 9.99. The Bertz CT molecular complexity index is 50.5. The van der Waals surface area contributed by atoms with E-state index in [1.807, 2.05) is 0 Å². The topological polar surface area (TPSA) is 0 Å². The van der Waals surface area contributed by atoms with E-state index in [9.17, 15) is 0 Å². The molecule has 9 heavy (non-hydrogen) atoms. The molecule has 0 aliphatic carbocycles. The summed E-state index contributed by atoms with van der Waals surface area (Å²) in [7, 11) is 0. The van der Waals surface area contributed by atoms with Gasteiger partial charge in [0, 0.05) is 0 Å². The van der Waals surface area contributed by atoms with E-state index in [-0.39, 0.29) is 0 Å². The van der Waals surface area contributed by atoms with E-state index in [1.54, 1.807) is 0 Å². The Labute approximate surface area is 72.5 Å². The van der Waals surface area contributed by atoms with Gasteiger partial charge in [0.1, 0.15) is 0 Å². The van der Waals surface area contributed by atoms with Crippen LogP contribution in [0.25, 0.3) is 0 Å². The van der Waals surface area contributed by atoms with E-state index < -0.39 is 0 Å². The second-order valence-corrected chi connectivity index (χ2v) is 4.68. The molecular weight excluding hydrogens is 215 g/mol. The van der Waals surface area contributed by atoms with Crippen LogP contribution in [0.4, 0.5) is 0 Å². The minimum atomic E-state index is 0.915. The Balaban J connectivity index is 2.75. The molecular formula is C8H18Sn. The molecule has 1 heteroatoms. The van der Waals surface area contributed by atoms with E-state index in [4.69, 9.17) is 0 Å². The van der Waals surface area contributed by atoms with Crippen LogP contribution < -0.4 is 0 Å². The molecule has 2 radical (unpaired) electrons. The van der Waals surface area contributed by atoms with Gasteiger partial charge in [-0.1, -0.05) is 0 Å². The molecule has 0 atom stereocenters. The summed E-state index contributed by atoms with van der Waals surface area (Å²) in [6.07, 6.45) is 5.84. The van der Waals surface area contributed by atoms with Crippen LogP contribution in [0.5, 0.6) is 0 Å². The van der Waals surface area contributed by atoms with Gasteiger partial charge in [0.2, 0.25) is 0 Å². The van der Waals surface area contributed by atoms with Crippen LogP contribution in [0, 0.1) is 5.92 Å². The first-order chi connectivity index (χ1) is 4.27. The Morgan fingerprint density at radius 1 is 1.11 bits per heavy atom. The summed E-state index contributed by atoms with van der Waals surface area (Å²) < 4.78 is 1.49. The molecule has 0 unspecified atom stereocenters. The zero-order valence-electron chi connectivity index (χ0n) is 6.69. The molecule has 0 aromatic rings. The minimum absolute atomic E-state index is 0.915. The second kappa shape index (κ2) is 6.91. The summed E-state index contributed by atoms with van der Waals surface area (Å²) in [5, 5.41) is 0. The van der Waals surface area contributed by atoms with Crippen molar-refractivity contribution in [2.75, 3.05) is 0 Å². The molecule has 0 fully saturated rings. The van der Waals surface area contributed by atoms with Crippen molar-refractivity contribution < 1.29 is 0 Å². The molecule has 0 amide bonds. The van der Waals surface area contributed by atoms with E-state index in [0.717, 1.165) is 5.92 Å². The van der Waals surface area contributed by atoms with Gasteiger partial charge in [0.05, 0.1) is 0 Å². The van der Waals surface area contributed by atoms with E-state index in [2.05, 4.69) is 13.8 Å². The fourth-order valence-corrected chi connectivity index (χ4v) is 1.70. The molecule has 0 aliphatic rings. The predicted molar refractivity (Wildman–Crippen MR) is 45.3 cm³/mol. The van der Waals surface area contributed by atoms with Crippen LogP contribution in [-0.4, -0.2) is 22.5 Å². The third kappa shape index (κ3) is 8.80. The van der Waals surface area contributed by atoms with Crippen LogP contribution in [0.3, 0.4) is 0 Å². The van der Waals surface area contributed by atoms with Crippen LogP contribution in [0.15, 0.2) is 0 Å². The molecule has 0 N–H and O–H groups in total.